The summed E-state index contributed by atoms with van der Waals surface area (Å²) in [5.41, 5.74) is 2.74. The van der Waals surface area contributed by atoms with Crippen molar-refractivity contribution in [3.05, 3.63) is 81.4 Å². The molecule has 4 aromatic rings. The molecule has 0 fully saturated rings. The number of halogens is 1. The smallest absolute Gasteiger partial charge is 0.300 e. The number of fused-ring (bicyclic) bond motifs is 1. The Labute approximate surface area is 170 Å². The SMILES string of the molecule is COc1ccc(CSc2nnc3c(=O)n(-c4cccc(Cl)c4C)ccn23)cc1. The zero-order valence-electron chi connectivity index (χ0n) is 15.3. The maximum atomic E-state index is 12.9. The van der Waals surface area contributed by atoms with Crippen LogP contribution in [0.5, 0.6) is 5.75 Å². The predicted octanol–water partition coefficient (Wildman–Crippen LogP) is 4.14. The number of aromatic nitrogens is 4. The Balaban J connectivity index is 1.64. The maximum absolute atomic E-state index is 12.9. The molecular formula is C20H17ClN4O2S. The largest absolute Gasteiger partial charge is 0.497 e. The molecular weight excluding hydrogens is 396 g/mol. The summed E-state index contributed by atoms with van der Waals surface area (Å²) in [6.45, 7) is 1.88. The van der Waals surface area contributed by atoms with Gasteiger partial charge in [0.2, 0.25) is 5.65 Å². The minimum absolute atomic E-state index is 0.239. The van der Waals surface area contributed by atoms with Crippen molar-refractivity contribution < 1.29 is 4.74 Å². The second-order valence-electron chi connectivity index (χ2n) is 6.17. The van der Waals surface area contributed by atoms with Crippen LogP contribution >= 0.6 is 23.4 Å². The van der Waals surface area contributed by atoms with Crippen LogP contribution in [0.1, 0.15) is 11.1 Å². The van der Waals surface area contributed by atoms with Crippen molar-refractivity contribution in [2.45, 2.75) is 17.8 Å². The van der Waals surface area contributed by atoms with Gasteiger partial charge >= 0.3 is 5.56 Å². The van der Waals surface area contributed by atoms with Crippen molar-refractivity contribution in [2.24, 2.45) is 0 Å². The highest BCUT2D eigenvalue weighted by Crippen LogP contribution is 2.24. The summed E-state index contributed by atoms with van der Waals surface area (Å²) in [6, 6.07) is 13.3. The van der Waals surface area contributed by atoms with Gasteiger partial charge in [0.25, 0.3) is 0 Å². The Morgan fingerprint density at radius 2 is 1.89 bits per heavy atom. The molecule has 0 saturated carbocycles. The average Bonchev–Trinajstić information content (AvgIpc) is 3.13. The van der Waals surface area contributed by atoms with E-state index in [-0.39, 0.29) is 11.2 Å². The summed E-state index contributed by atoms with van der Waals surface area (Å²) in [5, 5.41) is 9.57. The summed E-state index contributed by atoms with van der Waals surface area (Å²) in [6.07, 6.45) is 3.52. The highest BCUT2D eigenvalue weighted by atomic mass is 35.5. The van der Waals surface area contributed by atoms with Crippen LogP contribution in [0.25, 0.3) is 11.3 Å². The van der Waals surface area contributed by atoms with E-state index >= 15 is 0 Å². The molecule has 6 nitrogen and oxygen atoms in total. The molecule has 0 spiro atoms. The van der Waals surface area contributed by atoms with Gasteiger partial charge in [-0.2, -0.15) is 0 Å². The van der Waals surface area contributed by atoms with Gasteiger partial charge in [0, 0.05) is 23.2 Å². The quantitative estimate of drug-likeness (QED) is 0.461. The summed E-state index contributed by atoms with van der Waals surface area (Å²) >= 11 is 7.72. The van der Waals surface area contributed by atoms with E-state index in [4.69, 9.17) is 16.3 Å². The van der Waals surface area contributed by atoms with Gasteiger partial charge in [0.1, 0.15) is 5.75 Å². The van der Waals surface area contributed by atoms with Crippen LogP contribution in [0.4, 0.5) is 0 Å². The van der Waals surface area contributed by atoms with Crippen LogP contribution in [0, 0.1) is 6.92 Å². The van der Waals surface area contributed by atoms with Crippen molar-refractivity contribution in [3.63, 3.8) is 0 Å². The monoisotopic (exact) mass is 412 g/mol. The van der Waals surface area contributed by atoms with Gasteiger partial charge in [-0.05, 0) is 42.3 Å². The molecule has 28 heavy (non-hydrogen) atoms. The van der Waals surface area contributed by atoms with Crippen LogP contribution in [0.3, 0.4) is 0 Å². The molecule has 8 heteroatoms. The molecule has 0 amide bonds. The third-order valence-electron chi connectivity index (χ3n) is 4.47. The third kappa shape index (κ3) is 3.39. The molecule has 142 valence electrons. The molecule has 4 rings (SSSR count). The Morgan fingerprint density at radius 1 is 1.11 bits per heavy atom. The third-order valence-corrected chi connectivity index (χ3v) is 5.89. The van der Waals surface area contributed by atoms with Gasteiger partial charge in [-0.1, -0.05) is 41.6 Å². The van der Waals surface area contributed by atoms with E-state index in [2.05, 4.69) is 10.2 Å². The van der Waals surface area contributed by atoms with E-state index in [9.17, 15) is 4.79 Å². The van der Waals surface area contributed by atoms with E-state index in [0.717, 1.165) is 22.6 Å². The fraction of sp³-hybridized carbons (Fsp3) is 0.150. The van der Waals surface area contributed by atoms with Gasteiger partial charge in [0.15, 0.2) is 5.16 Å². The van der Waals surface area contributed by atoms with Gasteiger partial charge in [-0.25, -0.2) is 0 Å². The number of rotatable bonds is 5. The van der Waals surface area contributed by atoms with Gasteiger partial charge < -0.3 is 4.74 Å². The number of thioether (sulfide) groups is 1. The number of hydrogen-bond donors (Lipinski definition) is 0. The molecule has 0 N–H and O–H groups in total. The normalized spacial score (nSPS) is 11.1. The number of ether oxygens (including phenoxy) is 1. The van der Waals surface area contributed by atoms with E-state index in [1.807, 2.05) is 43.3 Å². The standard InChI is InChI=1S/C20H17ClN4O2S/c1-13-16(21)4-3-5-17(13)24-10-11-25-18(19(24)26)22-23-20(25)28-12-14-6-8-15(27-2)9-7-14/h3-11H,12H2,1-2H3. The molecule has 0 aliphatic heterocycles. The Morgan fingerprint density at radius 3 is 2.64 bits per heavy atom. The highest BCUT2D eigenvalue weighted by molar-refractivity contribution is 7.98. The first kappa shape index (κ1) is 18.6. The van der Waals surface area contributed by atoms with Crippen LogP contribution in [-0.4, -0.2) is 26.3 Å². The average molecular weight is 413 g/mol. The maximum Gasteiger partial charge on any atom is 0.300 e. The molecule has 0 saturated heterocycles. The summed E-state index contributed by atoms with van der Waals surface area (Å²) in [5.74, 6) is 1.53. The number of benzene rings is 2. The van der Waals surface area contributed by atoms with Crippen LogP contribution in [-0.2, 0) is 5.75 Å². The van der Waals surface area contributed by atoms with E-state index in [1.165, 1.54) is 11.8 Å². The lowest BCUT2D eigenvalue weighted by Crippen LogP contribution is -2.21. The fourth-order valence-corrected chi connectivity index (χ4v) is 3.92. The molecule has 2 aromatic heterocycles. The van der Waals surface area contributed by atoms with Crippen LogP contribution < -0.4 is 10.3 Å². The topological polar surface area (TPSA) is 61.4 Å². The van der Waals surface area contributed by atoms with E-state index < -0.39 is 0 Å². The molecule has 0 aliphatic rings. The first-order valence-corrected chi connectivity index (χ1v) is 9.92. The summed E-state index contributed by atoms with van der Waals surface area (Å²) in [7, 11) is 1.64. The Bertz CT molecular complexity index is 1200. The lowest BCUT2D eigenvalue weighted by atomic mass is 10.2. The minimum atomic E-state index is -0.239. The van der Waals surface area contributed by atoms with Gasteiger partial charge in [-0.3, -0.25) is 13.8 Å². The molecule has 0 aliphatic carbocycles. The summed E-state index contributed by atoms with van der Waals surface area (Å²) in [4.78, 5) is 12.9. The fourth-order valence-electron chi connectivity index (χ4n) is 2.88. The van der Waals surface area contributed by atoms with Gasteiger partial charge in [0.05, 0.1) is 12.8 Å². The minimum Gasteiger partial charge on any atom is -0.497 e. The molecule has 2 aromatic carbocycles. The lowest BCUT2D eigenvalue weighted by molar-refractivity contribution is 0.414. The van der Waals surface area contributed by atoms with E-state index in [0.29, 0.717) is 15.9 Å². The first-order chi connectivity index (χ1) is 13.6. The summed E-state index contributed by atoms with van der Waals surface area (Å²) < 4.78 is 8.44. The Kier molecular flexibility index (Phi) is 5.11. The zero-order chi connectivity index (χ0) is 19.7. The van der Waals surface area contributed by atoms with Crippen molar-refractivity contribution in [2.75, 3.05) is 7.11 Å². The molecule has 0 bridgehead atoms. The molecule has 0 radical (unpaired) electrons. The second-order valence-corrected chi connectivity index (χ2v) is 7.52. The highest BCUT2D eigenvalue weighted by Gasteiger charge is 2.14. The van der Waals surface area contributed by atoms with Gasteiger partial charge in [-0.15, -0.1) is 10.2 Å². The van der Waals surface area contributed by atoms with Crippen molar-refractivity contribution in [1.82, 2.24) is 19.2 Å². The zero-order valence-corrected chi connectivity index (χ0v) is 16.9. The van der Waals surface area contributed by atoms with E-state index in [1.54, 1.807) is 34.5 Å². The first-order valence-electron chi connectivity index (χ1n) is 8.56. The molecule has 0 unspecified atom stereocenters. The van der Waals surface area contributed by atoms with Crippen molar-refractivity contribution in [3.8, 4) is 11.4 Å². The molecule has 2 heterocycles. The predicted molar refractivity (Wildman–Crippen MR) is 111 cm³/mol. The van der Waals surface area contributed by atoms with Crippen molar-refractivity contribution >= 4 is 29.0 Å². The lowest BCUT2D eigenvalue weighted by Gasteiger charge is -2.10. The second kappa shape index (κ2) is 7.69. The van der Waals surface area contributed by atoms with Crippen molar-refractivity contribution in [1.29, 1.82) is 0 Å². The Hall–Kier alpha value is -2.77. The number of methoxy groups -OCH3 is 1. The number of hydrogen-bond acceptors (Lipinski definition) is 5. The number of nitrogens with zero attached hydrogens (tertiary/aromatic N) is 4. The molecule has 0 atom stereocenters. The van der Waals surface area contributed by atoms with Crippen LogP contribution in [0.15, 0.2) is 64.8 Å². The van der Waals surface area contributed by atoms with Crippen LogP contribution in [0.2, 0.25) is 5.02 Å².